The lowest BCUT2D eigenvalue weighted by Gasteiger charge is -2.05. The van der Waals surface area contributed by atoms with Crippen molar-refractivity contribution in [2.75, 3.05) is 12.4 Å². The van der Waals surface area contributed by atoms with Gasteiger partial charge in [-0.1, -0.05) is 29.8 Å². The number of carbonyl (C=O) groups is 1. The molecular weight excluding hydrogens is 286 g/mol. The SMILES string of the molecule is COc1ccc(/C=C/C(=O)Nc2ccccc2Cl)cc1C. The van der Waals surface area contributed by atoms with Gasteiger partial charge in [0.05, 0.1) is 17.8 Å². The van der Waals surface area contributed by atoms with E-state index in [0.29, 0.717) is 10.7 Å². The Bertz CT molecular complexity index is 680. The van der Waals surface area contributed by atoms with E-state index in [9.17, 15) is 4.79 Å². The summed E-state index contributed by atoms with van der Waals surface area (Å²) in [6, 6.07) is 12.8. The van der Waals surface area contributed by atoms with Crippen LogP contribution in [-0.4, -0.2) is 13.0 Å². The maximum Gasteiger partial charge on any atom is 0.248 e. The van der Waals surface area contributed by atoms with Crippen LogP contribution in [0.15, 0.2) is 48.5 Å². The molecule has 0 aromatic heterocycles. The molecule has 3 nitrogen and oxygen atoms in total. The highest BCUT2D eigenvalue weighted by molar-refractivity contribution is 6.33. The zero-order valence-corrected chi connectivity index (χ0v) is 12.6. The monoisotopic (exact) mass is 301 g/mol. The summed E-state index contributed by atoms with van der Waals surface area (Å²) >= 11 is 5.99. The van der Waals surface area contributed by atoms with Crippen molar-refractivity contribution in [1.82, 2.24) is 0 Å². The summed E-state index contributed by atoms with van der Waals surface area (Å²) in [5.41, 5.74) is 2.55. The molecule has 1 amide bonds. The van der Waals surface area contributed by atoms with Gasteiger partial charge in [-0.3, -0.25) is 4.79 Å². The first-order valence-electron chi connectivity index (χ1n) is 6.48. The molecule has 0 atom stereocenters. The number of carbonyl (C=O) groups excluding carboxylic acids is 1. The van der Waals surface area contributed by atoms with Gasteiger partial charge in [0.25, 0.3) is 0 Å². The second-order valence-electron chi connectivity index (χ2n) is 4.53. The molecule has 0 fully saturated rings. The highest BCUT2D eigenvalue weighted by atomic mass is 35.5. The number of amides is 1. The summed E-state index contributed by atoms with van der Waals surface area (Å²) in [5, 5.41) is 3.25. The van der Waals surface area contributed by atoms with Crippen molar-refractivity contribution in [3.05, 3.63) is 64.7 Å². The van der Waals surface area contributed by atoms with Crippen LogP contribution in [0.5, 0.6) is 5.75 Å². The van der Waals surface area contributed by atoms with Crippen molar-refractivity contribution in [3.63, 3.8) is 0 Å². The number of rotatable bonds is 4. The van der Waals surface area contributed by atoms with Crippen LogP contribution in [0, 0.1) is 6.92 Å². The smallest absolute Gasteiger partial charge is 0.248 e. The third-order valence-corrected chi connectivity index (χ3v) is 3.31. The van der Waals surface area contributed by atoms with Crippen LogP contribution in [0.2, 0.25) is 5.02 Å². The molecule has 1 N–H and O–H groups in total. The average molecular weight is 302 g/mol. The molecule has 0 aliphatic rings. The Balaban J connectivity index is 2.05. The number of nitrogens with one attached hydrogen (secondary N) is 1. The Morgan fingerprint density at radius 3 is 2.67 bits per heavy atom. The number of anilines is 1. The van der Waals surface area contributed by atoms with E-state index in [1.165, 1.54) is 6.08 Å². The topological polar surface area (TPSA) is 38.3 Å². The number of hydrogen-bond donors (Lipinski definition) is 1. The van der Waals surface area contributed by atoms with Crippen molar-refractivity contribution in [3.8, 4) is 5.75 Å². The van der Waals surface area contributed by atoms with Crippen LogP contribution >= 0.6 is 11.6 Å². The van der Waals surface area contributed by atoms with E-state index in [2.05, 4.69) is 5.32 Å². The van der Waals surface area contributed by atoms with Gasteiger partial charge in [-0.05, 0) is 48.4 Å². The predicted molar refractivity (Wildman–Crippen MR) is 86.8 cm³/mol. The molecule has 0 spiro atoms. The molecule has 4 heteroatoms. The maximum absolute atomic E-state index is 11.9. The third kappa shape index (κ3) is 4.10. The van der Waals surface area contributed by atoms with Gasteiger partial charge >= 0.3 is 0 Å². The van der Waals surface area contributed by atoms with Crippen molar-refractivity contribution >= 4 is 29.3 Å². The molecule has 21 heavy (non-hydrogen) atoms. The lowest BCUT2D eigenvalue weighted by atomic mass is 10.1. The normalized spacial score (nSPS) is 10.6. The van der Waals surface area contributed by atoms with Crippen LogP contribution in [0.4, 0.5) is 5.69 Å². The molecule has 0 saturated carbocycles. The van der Waals surface area contributed by atoms with Crippen LogP contribution in [0.25, 0.3) is 6.08 Å². The van der Waals surface area contributed by atoms with Crippen LogP contribution in [-0.2, 0) is 4.79 Å². The standard InChI is InChI=1S/C17H16ClNO2/c1-12-11-13(7-9-16(12)21-2)8-10-17(20)19-15-6-4-3-5-14(15)18/h3-11H,1-2H3,(H,19,20)/b10-8+. The zero-order valence-electron chi connectivity index (χ0n) is 11.9. The summed E-state index contributed by atoms with van der Waals surface area (Å²) in [5.74, 6) is 0.601. The molecule has 0 aliphatic heterocycles. The number of aryl methyl sites for hydroxylation is 1. The molecule has 0 radical (unpaired) electrons. The minimum atomic E-state index is -0.225. The third-order valence-electron chi connectivity index (χ3n) is 2.98. The fourth-order valence-corrected chi connectivity index (χ4v) is 2.10. The number of halogens is 1. The number of methoxy groups -OCH3 is 1. The Morgan fingerprint density at radius 1 is 1.24 bits per heavy atom. The molecule has 2 rings (SSSR count). The van der Waals surface area contributed by atoms with Crippen molar-refractivity contribution in [1.29, 1.82) is 0 Å². The molecule has 0 bridgehead atoms. The van der Waals surface area contributed by atoms with Crippen LogP contribution < -0.4 is 10.1 Å². The molecule has 2 aromatic carbocycles. The Labute approximate surface area is 129 Å². The van der Waals surface area contributed by atoms with Gasteiger partial charge < -0.3 is 10.1 Å². The van der Waals surface area contributed by atoms with E-state index >= 15 is 0 Å². The van der Waals surface area contributed by atoms with Crippen molar-refractivity contribution in [2.45, 2.75) is 6.92 Å². The second kappa shape index (κ2) is 6.95. The largest absolute Gasteiger partial charge is 0.496 e. The van der Waals surface area contributed by atoms with Crippen LogP contribution in [0.3, 0.4) is 0 Å². The molecule has 0 unspecified atom stereocenters. The quantitative estimate of drug-likeness (QED) is 0.855. The first-order valence-corrected chi connectivity index (χ1v) is 6.86. The fraction of sp³-hybridized carbons (Fsp3) is 0.118. The lowest BCUT2D eigenvalue weighted by molar-refractivity contribution is -0.111. The van der Waals surface area contributed by atoms with Gasteiger partial charge in [-0.2, -0.15) is 0 Å². The van der Waals surface area contributed by atoms with E-state index in [1.807, 2.05) is 37.3 Å². The highest BCUT2D eigenvalue weighted by Gasteiger charge is 2.02. The Kier molecular flexibility index (Phi) is 5.01. The van der Waals surface area contributed by atoms with Crippen molar-refractivity contribution < 1.29 is 9.53 Å². The molecule has 0 heterocycles. The lowest BCUT2D eigenvalue weighted by Crippen LogP contribution is -2.07. The molecule has 0 saturated heterocycles. The average Bonchev–Trinajstić information content (AvgIpc) is 2.48. The summed E-state index contributed by atoms with van der Waals surface area (Å²) in [4.78, 5) is 11.9. The van der Waals surface area contributed by atoms with E-state index in [1.54, 1.807) is 25.3 Å². The number of hydrogen-bond acceptors (Lipinski definition) is 2. The molecular formula is C17H16ClNO2. The highest BCUT2D eigenvalue weighted by Crippen LogP contribution is 2.21. The first kappa shape index (κ1) is 15.1. The molecule has 2 aromatic rings. The summed E-state index contributed by atoms with van der Waals surface area (Å²) in [6.07, 6.45) is 3.23. The van der Waals surface area contributed by atoms with Gasteiger partial charge in [0.15, 0.2) is 0 Å². The summed E-state index contributed by atoms with van der Waals surface area (Å²) in [7, 11) is 1.63. The number of para-hydroxylation sites is 1. The minimum Gasteiger partial charge on any atom is -0.496 e. The van der Waals surface area contributed by atoms with Gasteiger partial charge in [0.2, 0.25) is 5.91 Å². The number of benzene rings is 2. The fourth-order valence-electron chi connectivity index (χ4n) is 1.91. The van der Waals surface area contributed by atoms with E-state index in [0.717, 1.165) is 16.9 Å². The first-order chi connectivity index (χ1) is 10.1. The second-order valence-corrected chi connectivity index (χ2v) is 4.94. The van der Waals surface area contributed by atoms with Crippen molar-refractivity contribution in [2.24, 2.45) is 0 Å². The predicted octanol–water partition coefficient (Wildman–Crippen LogP) is 4.31. The van der Waals surface area contributed by atoms with E-state index < -0.39 is 0 Å². The van der Waals surface area contributed by atoms with E-state index in [4.69, 9.17) is 16.3 Å². The molecule has 108 valence electrons. The van der Waals surface area contributed by atoms with Gasteiger partial charge in [-0.15, -0.1) is 0 Å². The number of ether oxygens (including phenoxy) is 1. The summed E-state index contributed by atoms with van der Waals surface area (Å²) < 4.78 is 5.20. The summed E-state index contributed by atoms with van der Waals surface area (Å²) in [6.45, 7) is 1.96. The molecule has 0 aliphatic carbocycles. The minimum absolute atomic E-state index is 0.225. The Hall–Kier alpha value is -2.26. The van der Waals surface area contributed by atoms with Gasteiger partial charge in [0.1, 0.15) is 5.75 Å². The van der Waals surface area contributed by atoms with Gasteiger partial charge in [0, 0.05) is 6.08 Å². The zero-order chi connectivity index (χ0) is 15.2. The van der Waals surface area contributed by atoms with Crippen LogP contribution in [0.1, 0.15) is 11.1 Å². The maximum atomic E-state index is 11.9. The Morgan fingerprint density at radius 2 is 2.00 bits per heavy atom. The van der Waals surface area contributed by atoms with Gasteiger partial charge in [-0.25, -0.2) is 0 Å². The van der Waals surface area contributed by atoms with E-state index in [-0.39, 0.29) is 5.91 Å².